The molecule has 0 saturated heterocycles. The van der Waals surface area contributed by atoms with Gasteiger partial charge in [0, 0.05) is 6.54 Å². The highest BCUT2D eigenvalue weighted by atomic mass is 16.2. The molecule has 1 aliphatic rings. The number of carbonyl (C=O) groups is 1. The van der Waals surface area contributed by atoms with Crippen LogP contribution in [0.4, 0.5) is 0 Å². The molecule has 0 heterocycles. The third-order valence-electron chi connectivity index (χ3n) is 4.45. The molecule has 1 aliphatic carbocycles. The summed E-state index contributed by atoms with van der Waals surface area (Å²) in [6, 6.07) is 0. The van der Waals surface area contributed by atoms with E-state index < -0.39 is 5.54 Å². The van der Waals surface area contributed by atoms with E-state index in [1.165, 1.54) is 32.1 Å². The lowest BCUT2D eigenvalue weighted by Crippen LogP contribution is -2.54. The van der Waals surface area contributed by atoms with Crippen LogP contribution < -0.4 is 11.1 Å². The maximum atomic E-state index is 12.1. The molecule has 1 fully saturated rings. The molecule has 3 heteroatoms. The number of carbonyl (C=O) groups excluding carboxylic acids is 1. The van der Waals surface area contributed by atoms with Crippen molar-refractivity contribution in [3.05, 3.63) is 0 Å². The van der Waals surface area contributed by atoms with Crippen LogP contribution in [0.15, 0.2) is 0 Å². The molecule has 0 spiro atoms. The number of amides is 1. The lowest BCUT2D eigenvalue weighted by molar-refractivity contribution is -0.127. The summed E-state index contributed by atoms with van der Waals surface area (Å²) in [5.74, 6) is 0.0225. The van der Waals surface area contributed by atoms with E-state index in [2.05, 4.69) is 12.2 Å². The zero-order valence-corrected chi connectivity index (χ0v) is 11.6. The van der Waals surface area contributed by atoms with Crippen molar-refractivity contribution < 1.29 is 4.79 Å². The van der Waals surface area contributed by atoms with Gasteiger partial charge < -0.3 is 11.1 Å². The highest BCUT2D eigenvalue weighted by Gasteiger charge is 2.32. The van der Waals surface area contributed by atoms with Crippen molar-refractivity contribution in [2.75, 3.05) is 6.54 Å². The lowest BCUT2D eigenvalue weighted by atomic mass is 9.75. The smallest absolute Gasteiger partial charge is 0.240 e. The van der Waals surface area contributed by atoms with Crippen LogP contribution in [-0.4, -0.2) is 18.0 Å². The molecular formula is C14H28N2O. The molecule has 1 amide bonds. The highest BCUT2D eigenvalue weighted by Crippen LogP contribution is 2.35. The molecule has 0 aromatic carbocycles. The first-order valence-corrected chi connectivity index (χ1v) is 7.03. The largest absolute Gasteiger partial charge is 0.354 e. The van der Waals surface area contributed by atoms with E-state index in [4.69, 9.17) is 5.73 Å². The Morgan fingerprint density at radius 2 is 1.76 bits per heavy atom. The Kier molecular flexibility index (Phi) is 4.99. The van der Waals surface area contributed by atoms with Crippen LogP contribution in [0, 0.1) is 5.41 Å². The Labute approximate surface area is 106 Å². The van der Waals surface area contributed by atoms with Gasteiger partial charge in [-0.25, -0.2) is 0 Å². The van der Waals surface area contributed by atoms with E-state index in [1.54, 1.807) is 0 Å². The van der Waals surface area contributed by atoms with Gasteiger partial charge in [-0.05, 0) is 31.1 Å². The van der Waals surface area contributed by atoms with Crippen LogP contribution in [0.5, 0.6) is 0 Å². The maximum absolute atomic E-state index is 12.1. The van der Waals surface area contributed by atoms with Gasteiger partial charge in [-0.1, -0.05) is 40.0 Å². The fraction of sp³-hybridized carbons (Fsp3) is 0.929. The average Bonchev–Trinajstić information content (AvgIpc) is 2.36. The van der Waals surface area contributed by atoms with Gasteiger partial charge in [0.25, 0.3) is 0 Å². The minimum atomic E-state index is -0.676. The molecule has 3 nitrogen and oxygen atoms in total. The Bertz CT molecular complexity index is 253. The van der Waals surface area contributed by atoms with Gasteiger partial charge in [0.05, 0.1) is 5.54 Å². The molecule has 17 heavy (non-hydrogen) atoms. The van der Waals surface area contributed by atoms with Crippen LogP contribution in [0.25, 0.3) is 0 Å². The fourth-order valence-corrected chi connectivity index (χ4v) is 2.62. The predicted molar refractivity (Wildman–Crippen MR) is 71.7 cm³/mol. The summed E-state index contributed by atoms with van der Waals surface area (Å²) in [5, 5.41) is 3.07. The summed E-state index contributed by atoms with van der Waals surface area (Å²) in [7, 11) is 0. The molecule has 1 rings (SSSR count). The molecule has 0 bridgehead atoms. The molecule has 100 valence electrons. The van der Waals surface area contributed by atoms with Gasteiger partial charge in [-0.15, -0.1) is 0 Å². The molecule has 1 saturated carbocycles. The van der Waals surface area contributed by atoms with Crippen molar-refractivity contribution in [3.63, 3.8) is 0 Å². The molecule has 0 unspecified atom stereocenters. The summed E-state index contributed by atoms with van der Waals surface area (Å²) >= 11 is 0. The predicted octanol–water partition coefficient (Wildman–Crippen LogP) is 2.59. The SMILES string of the molecule is CCC(N)(CC)C(=O)NCC1(C)CCCCC1. The van der Waals surface area contributed by atoms with E-state index in [1.807, 2.05) is 13.8 Å². The molecule has 0 aliphatic heterocycles. The van der Waals surface area contributed by atoms with Crippen molar-refractivity contribution in [1.29, 1.82) is 0 Å². The molecule has 3 N–H and O–H groups in total. The average molecular weight is 240 g/mol. The van der Waals surface area contributed by atoms with Gasteiger partial charge in [-0.2, -0.15) is 0 Å². The van der Waals surface area contributed by atoms with Gasteiger partial charge in [0.2, 0.25) is 5.91 Å². The molecule has 0 aromatic rings. The highest BCUT2D eigenvalue weighted by molar-refractivity contribution is 5.85. The zero-order chi connectivity index (χ0) is 12.9. The van der Waals surface area contributed by atoms with E-state index in [0.717, 1.165) is 6.54 Å². The van der Waals surface area contributed by atoms with Crippen molar-refractivity contribution in [2.24, 2.45) is 11.1 Å². The van der Waals surface area contributed by atoms with Crippen LogP contribution >= 0.6 is 0 Å². The Morgan fingerprint density at radius 1 is 1.24 bits per heavy atom. The van der Waals surface area contributed by atoms with Crippen LogP contribution in [0.3, 0.4) is 0 Å². The first kappa shape index (κ1) is 14.5. The summed E-state index contributed by atoms with van der Waals surface area (Å²) in [5.41, 5.74) is 5.70. The van der Waals surface area contributed by atoms with Gasteiger partial charge in [-0.3, -0.25) is 4.79 Å². The monoisotopic (exact) mass is 240 g/mol. The third-order valence-corrected chi connectivity index (χ3v) is 4.45. The molecule has 0 radical (unpaired) electrons. The zero-order valence-electron chi connectivity index (χ0n) is 11.6. The van der Waals surface area contributed by atoms with Crippen molar-refractivity contribution in [1.82, 2.24) is 5.32 Å². The Morgan fingerprint density at radius 3 is 2.24 bits per heavy atom. The van der Waals surface area contributed by atoms with Gasteiger partial charge >= 0.3 is 0 Å². The van der Waals surface area contributed by atoms with Crippen LogP contribution in [0.1, 0.15) is 65.7 Å². The van der Waals surface area contributed by atoms with E-state index in [0.29, 0.717) is 12.8 Å². The molecule has 0 aromatic heterocycles. The van der Waals surface area contributed by atoms with E-state index >= 15 is 0 Å². The second kappa shape index (κ2) is 5.85. The number of nitrogens with one attached hydrogen (secondary N) is 1. The third kappa shape index (κ3) is 3.70. The summed E-state index contributed by atoms with van der Waals surface area (Å²) in [6.07, 6.45) is 7.78. The topological polar surface area (TPSA) is 55.1 Å². The van der Waals surface area contributed by atoms with Crippen LogP contribution in [-0.2, 0) is 4.79 Å². The van der Waals surface area contributed by atoms with Crippen molar-refractivity contribution >= 4 is 5.91 Å². The van der Waals surface area contributed by atoms with Crippen molar-refractivity contribution in [2.45, 2.75) is 71.3 Å². The normalized spacial score (nSPS) is 20.0. The quantitative estimate of drug-likeness (QED) is 0.776. The number of nitrogens with two attached hydrogens (primary N) is 1. The molecular weight excluding hydrogens is 212 g/mol. The number of hydrogen-bond acceptors (Lipinski definition) is 2. The summed E-state index contributed by atoms with van der Waals surface area (Å²) in [6.45, 7) is 7.02. The minimum Gasteiger partial charge on any atom is -0.354 e. The van der Waals surface area contributed by atoms with E-state index in [-0.39, 0.29) is 11.3 Å². The van der Waals surface area contributed by atoms with Crippen LogP contribution in [0.2, 0.25) is 0 Å². The van der Waals surface area contributed by atoms with Crippen molar-refractivity contribution in [3.8, 4) is 0 Å². The summed E-state index contributed by atoms with van der Waals surface area (Å²) in [4.78, 5) is 12.1. The standard InChI is InChI=1S/C14H28N2O/c1-4-14(15,5-2)12(17)16-11-13(3)9-7-6-8-10-13/h4-11,15H2,1-3H3,(H,16,17). The second-order valence-electron chi connectivity index (χ2n) is 5.92. The maximum Gasteiger partial charge on any atom is 0.240 e. The van der Waals surface area contributed by atoms with Gasteiger partial charge in [0.15, 0.2) is 0 Å². The van der Waals surface area contributed by atoms with E-state index in [9.17, 15) is 4.79 Å². The Balaban J connectivity index is 2.46. The first-order chi connectivity index (χ1) is 7.96. The number of hydrogen-bond donors (Lipinski definition) is 2. The minimum absolute atomic E-state index is 0.0225. The Hall–Kier alpha value is -0.570. The van der Waals surface area contributed by atoms with Gasteiger partial charge in [0.1, 0.15) is 0 Å². The molecule has 0 atom stereocenters. The second-order valence-corrected chi connectivity index (χ2v) is 5.92. The number of rotatable bonds is 5. The lowest BCUT2D eigenvalue weighted by Gasteiger charge is -2.35. The first-order valence-electron chi connectivity index (χ1n) is 7.03. The fourth-order valence-electron chi connectivity index (χ4n) is 2.62. The summed E-state index contributed by atoms with van der Waals surface area (Å²) < 4.78 is 0.